The molecule has 1 amide bonds. The van der Waals surface area contributed by atoms with Gasteiger partial charge in [0, 0.05) is 24.4 Å². The topological polar surface area (TPSA) is 65.1 Å². The maximum absolute atomic E-state index is 11.5. The predicted molar refractivity (Wildman–Crippen MR) is 50.9 cm³/mol. The fourth-order valence-corrected chi connectivity index (χ4v) is 1.85. The molecule has 74 valence electrons. The van der Waals surface area contributed by atoms with Gasteiger partial charge in [-0.05, 0) is 18.4 Å². The van der Waals surface area contributed by atoms with E-state index in [1.54, 1.807) is 10.8 Å². The molecule has 0 saturated heterocycles. The lowest BCUT2D eigenvalue weighted by molar-refractivity contribution is -0.118. The highest BCUT2D eigenvalue weighted by molar-refractivity contribution is 5.98. The van der Waals surface area contributed by atoms with Gasteiger partial charge < -0.3 is 10.3 Å². The molecule has 0 aromatic carbocycles. The Labute approximate surface area is 81.7 Å². The van der Waals surface area contributed by atoms with E-state index in [0.29, 0.717) is 6.42 Å². The number of rotatable bonds is 2. The Morgan fingerprint density at radius 2 is 2.21 bits per heavy atom. The molecule has 0 spiro atoms. The van der Waals surface area contributed by atoms with E-state index in [0.717, 1.165) is 24.0 Å². The maximum atomic E-state index is 11.5. The van der Waals surface area contributed by atoms with E-state index in [9.17, 15) is 9.59 Å². The average Bonchev–Trinajstić information content (AvgIpc) is 2.47. The first-order valence-corrected chi connectivity index (χ1v) is 4.67. The third kappa shape index (κ3) is 1.55. The number of Topliss-reactive ketones (excluding diaryl/α,β-unsaturated/α-hetero) is 1. The molecule has 1 aromatic heterocycles. The van der Waals surface area contributed by atoms with Gasteiger partial charge in [-0.25, -0.2) is 0 Å². The zero-order valence-electron chi connectivity index (χ0n) is 7.82. The fourth-order valence-electron chi connectivity index (χ4n) is 1.85. The van der Waals surface area contributed by atoms with Crippen molar-refractivity contribution in [3.05, 3.63) is 23.5 Å². The summed E-state index contributed by atoms with van der Waals surface area (Å²) in [5.74, 6) is -0.209. The summed E-state index contributed by atoms with van der Waals surface area (Å²) in [4.78, 5) is 22.1. The van der Waals surface area contributed by atoms with Crippen LogP contribution in [0.25, 0.3) is 0 Å². The van der Waals surface area contributed by atoms with Crippen LogP contribution in [0.1, 0.15) is 28.8 Å². The number of amides is 1. The number of aryl methyl sites for hydroxylation is 1. The summed E-state index contributed by atoms with van der Waals surface area (Å²) >= 11 is 0. The molecule has 1 aliphatic rings. The number of carbonyl (C=O) groups excluding carboxylic acids is 2. The Kier molecular flexibility index (Phi) is 2.11. The lowest BCUT2D eigenvalue weighted by Gasteiger charge is -2.07. The van der Waals surface area contributed by atoms with Crippen molar-refractivity contribution < 1.29 is 9.59 Å². The Bertz CT molecular complexity index is 393. The summed E-state index contributed by atoms with van der Waals surface area (Å²) in [6, 6.07) is 0. The van der Waals surface area contributed by atoms with Gasteiger partial charge in [-0.2, -0.15) is 0 Å². The van der Waals surface area contributed by atoms with E-state index in [-0.39, 0.29) is 18.2 Å². The molecule has 2 rings (SSSR count). The molecule has 14 heavy (non-hydrogen) atoms. The van der Waals surface area contributed by atoms with Crippen LogP contribution in [-0.4, -0.2) is 16.3 Å². The van der Waals surface area contributed by atoms with E-state index in [1.807, 2.05) is 6.20 Å². The molecule has 0 bridgehead atoms. The van der Waals surface area contributed by atoms with Crippen molar-refractivity contribution in [1.29, 1.82) is 0 Å². The summed E-state index contributed by atoms with van der Waals surface area (Å²) in [5, 5.41) is 0. The molecule has 0 radical (unpaired) electrons. The Morgan fingerprint density at radius 1 is 1.43 bits per heavy atom. The summed E-state index contributed by atoms with van der Waals surface area (Å²) in [6.07, 6.45) is 6.02. The lowest BCUT2D eigenvalue weighted by atomic mass is 9.95. The van der Waals surface area contributed by atoms with Crippen LogP contribution in [-0.2, 0) is 17.8 Å². The van der Waals surface area contributed by atoms with E-state index in [4.69, 9.17) is 5.73 Å². The van der Waals surface area contributed by atoms with Gasteiger partial charge in [0.25, 0.3) is 0 Å². The van der Waals surface area contributed by atoms with Crippen LogP contribution in [0.3, 0.4) is 0 Å². The van der Waals surface area contributed by atoms with Gasteiger partial charge in [-0.1, -0.05) is 0 Å². The first-order valence-electron chi connectivity index (χ1n) is 4.67. The molecule has 0 fully saturated rings. The van der Waals surface area contributed by atoms with Crippen LogP contribution >= 0.6 is 0 Å². The van der Waals surface area contributed by atoms with Crippen LogP contribution < -0.4 is 5.73 Å². The number of carbonyl (C=O) groups is 2. The van der Waals surface area contributed by atoms with Gasteiger partial charge in [-0.3, -0.25) is 9.59 Å². The standard InChI is InChI=1S/C10H12N2O2/c11-10(14)6-12-4-7-2-1-3-9(13)8(7)5-12/h4-5H,1-3,6H2,(H2,11,14). The molecule has 0 atom stereocenters. The molecule has 2 N–H and O–H groups in total. The molecule has 4 nitrogen and oxygen atoms in total. The van der Waals surface area contributed by atoms with Crippen molar-refractivity contribution in [1.82, 2.24) is 4.57 Å². The van der Waals surface area contributed by atoms with Gasteiger partial charge in [0.15, 0.2) is 5.78 Å². The molecule has 1 aromatic rings. The van der Waals surface area contributed by atoms with Crippen LogP contribution in [0.15, 0.2) is 12.4 Å². The maximum Gasteiger partial charge on any atom is 0.237 e. The van der Waals surface area contributed by atoms with Crippen LogP contribution in [0, 0.1) is 0 Å². The van der Waals surface area contributed by atoms with E-state index in [2.05, 4.69) is 0 Å². The molecule has 0 unspecified atom stereocenters. The number of fused-ring (bicyclic) bond motifs is 1. The lowest BCUT2D eigenvalue weighted by Crippen LogP contribution is -2.17. The summed E-state index contributed by atoms with van der Waals surface area (Å²) in [6.45, 7) is 0.153. The fraction of sp³-hybridized carbons (Fsp3) is 0.400. The van der Waals surface area contributed by atoms with Crippen molar-refractivity contribution in [3.63, 3.8) is 0 Å². The average molecular weight is 192 g/mol. The van der Waals surface area contributed by atoms with Crippen molar-refractivity contribution in [2.24, 2.45) is 5.73 Å². The molecule has 1 aliphatic carbocycles. The minimum atomic E-state index is -0.384. The number of hydrogen-bond donors (Lipinski definition) is 1. The molecule has 0 saturated carbocycles. The second kappa shape index (κ2) is 3.29. The highest BCUT2D eigenvalue weighted by Crippen LogP contribution is 2.21. The van der Waals surface area contributed by atoms with Gasteiger partial charge in [0.05, 0.1) is 0 Å². The van der Waals surface area contributed by atoms with Crippen molar-refractivity contribution in [2.45, 2.75) is 25.8 Å². The molecule has 0 aliphatic heterocycles. The summed E-state index contributed by atoms with van der Waals surface area (Å²) in [7, 11) is 0. The number of nitrogens with two attached hydrogens (primary N) is 1. The SMILES string of the molecule is NC(=O)Cn1cc2c(c1)C(=O)CCC2. The Hall–Kier alpha value is -1.58. The monoisotopic (exact) mass is 192 g/mol. The number of ketones is 1. The van der Waals surface area contributed by atoms with Gasteiger partial charge in [-0.15, -0.1) is 0 Å². The minimum Gasteiger partial charge on any atom is -0.368 e. The molecular formula is C10H12N2O2. The minimum absolute atomic E-state index is 0.153. The zero-order valence-corrected chi connectivity index (χ0v) is 7.82. The van der Waals surface area contributed by atoms with Crippen LogP contribution in [0.5, 0.6) is 0 Å². The largest absolute Gasteiger partial charge is 0.368 e. The Balaban J connectivity index is 2.30. The van der Waals surface area contributed by atoms with Crippen LogP contribution in [0.2, 0.25) is 0 Å². The van der Waals surface area contributed by atoms with Gasteiger partial charge in [0.2, 0.25) is 5.91 Å². The quantitative estimate of drug-likeness (QED) is 0.741. The summed E-state index contributed by atoms with van der Waals surface area (Å²) < 4.78 is 1.69. The number of primary amides is 1. The number of hydrogen-bond acceptors (Lipinski definition) is 2. The second-order valence-corrected chi connectivity index (χ2v) is 3.61. The van der Waals surface area contributed by atoms with E-state index >= 15 is 0 Å². The number of aromatic nitrogens is 1. The van der Waals surface area contributed by atoms with Gasteiger partial charge >= 0.3 is 0 Å². The van der Waals surface area contributed by atoms with Gasteiger partial charge in [0.1, 0.15) is 6.54 Å². The second-order valence-electron chi connectivity index (χ2n) is 3.61. The highest BCUT2D eigenvalue weighted by atomic mass is 16.1. The third-order valence-electron chi connectivity index (χ3n) is 2.45. The van der Waals surface area contributed by atoms with Crippen molar-refractivity contribution in [3.8, 4) is 0 Å². The van der Waals surface area contributed by atoms with E-state index in [1.165, 1.54) is 0 Å². The van der Waals surface area contributed by atoms with Crippen molar-refractivity contribution >= 4 is 11.7 Å². The van der Waals surface area contributed by atoms with E-state index < -0.39 is 0 Å². The van der Waals surface area contributed by atoms with Crippen molar-refractivity contribution in [2.75, 3.05) is 0 Å². The highest BCUT2D eigenvalue weighted by Gasteiger charge is 2.19. The molecule has 4 heteroatoms. The first kappa shape index (κ1) is 8.99. The first-order chi connectivity index (χ1) is 6.66. The Morgan fingerprint density at radius 3 is 2.86 bits per heavy atom. The summed E-state index contributed by atoms with van der Waals surface area (Å²) in [5.41, 5.74) is 6.88. The predicted octanol–water partition coefficient (Wildman–Crippen LogP) is 0.492. The third-order valence-corrected chi connectivity index (χ3v) is 2.45. The normalized spacial score (nSPS) is 15.3. The smallest absolute Gasteiger partial charge is 0.237 e. The molecule has 1 heterocycles. The zero-order chi connectivity index (χ0) is 10.1. The number of nitrogens with zero attached hydrogens (tertiary/aromatic N) is 1. The molecular weight excluding hydrogens is 180 g/mol. The van der Waals surface area contributed by atoms with Crippen LogP contribution in [0.4, 0.5) is 0 Å².